The van der Waals surface area contributed by atoms with Crippen LogP contribution in [0.25, 0.3) is 0 Å². The number of hydrogen-bond acceptors (Lipinski definition) is 3. The van der Waals surface area contributed by atoms with E-state index in [9.17, 15) is 13.2 Å². The molecule has 0 aliphatic rings. The molecule has 0 aromatic heterocycles. The Balaban J connectivity index is 1.83. The predicted molar refractivity (Wildman–Crippen MR) is 106 cm³/mol. The molecule has 0 saturated carbocycles. The van der Waals surface area contributed by atoms with Crippen LogP contribution in [0.15, 0.2) is 54.6 Å². The third-order valence-electron chi connectivity index (χ3n) is 3.88. The lowest BCUT2D eigenvalue weighted by atomic mass is 10.1. The summed E-state index contributed by atoms with van der Waals surface area (Å²) < 4.78 is 26.8. The van der Waals surface area contributed by atoms with Crippen LogP contribution in [0.4, 0.5) is 5.69 Å². The molecule has 0 fully saturated rings. The molecule has 0 atom stereocenters. The minimum absolute atomic E-state index is 0.0547. The number of nitrogens with one attached hydrogen (secondary N) is 1. The van der Waals surface area contributed by atoms with Crippen molar-refractivity contribution in [2.24, 2.45) is 0 Å². The minimum atomic E-state index is -3.38. The highest BCUT2D eigenvalue weighted by atomic mass is 35.5. The van der Waals surface area contributed by atoms with Gasteiger partial charge in [0, 0.05) is 30.7 Å². The standard InChI is InChI=1S/C19H23ClN2O3S/c1-16(23)22(19-11-5-10-18(20)15-19)13-12-21-26(24,25)14-6-9-17-7-3-2-4-8-17/h2-5,7-8,10-11,15,21H,6,9,12-14H2,1H3. The summed E-state index contributed by atoms with van der Waals surface area (Å²) in [6.45, 7) is 1.84. The van der Waals surface area contributed by atoms with E-state index in [0.717, 1.165) is 5.56 Å². The van der Waals surface area contributed by atoms with Crippen LogP contribution < -0.4 is 9.62 Å². The summed E-state index contributed by atoms with van der Waals surface area (Å²) in [6.07, 6.45) is 1.26. The van der Waals surface area contributed by atoms with Crippen molar-refractivity contribution in [3.05, 3.63) is 65.2 Å². The summed E-state index contributed by atoms with van der Waals surface area (Å²) in [5, 5.41) is 0.523. The van der Waals surface area contributed by atoms with Crippen LogP contribution >= 0.6 is 11.6 Å². The first-order valence-electron chi connectivity index (χ1n) is 8.42. The number of halogens is 1. The lowest BCUT2D eigenvalue weighted by Gasteiger charge is -2.21. The van der Waals surface area contributed by atoms with Crippen molar-refractivity contribution in [3.8, 4) is 0 Å². The molecule has 0 spiro atoms. The first-order valence-corrected chi connectivity index (χ1v) is 10.5. The molecule has 26 heavy (non-hydrogen) atoms. The van der Waals surface area contributed by atoms with Gasteiger partial charge in [0.1, 0.15) is 0 Å². The van der Waals surface area contributed by atoms with Gasteiger partial charge in [0.25, 0.3) is 0 Å². The van der Waals surface area contributed by atoms with E-state index in [1.165, 1.54) is 11.8 Å². The van der Waals surface area contributed by atoms with Gasteiger partial charge in [0.2, 0.25) is 15.9 Å². The number of carbonyl (C=O) groups excluding carboxylic acids is 1. The van der Waals surface area contributed by atoms with Crippen LogP contribution in [0, 0.1) is 0 Å². The largest absolute Gasteiger partial charge is 0.311 e. The average Bonchev–Trinajstić information content (AvgIpc) is 2.59. The molecule has 7 heteroatoms. The van der Waals surface area contributed by atoms with Crippen molar-refractivity contribution < 1.29 is 13.2 Å². The van der Waals surface area contributed by atoms with Crippen molar-refractivity contribution in [1.29, 1.82) is 0 Å². The maximum Gasteiger partial charge on any atom is 0.223 e. The zero-order valence-corrected chi connectivity index (χ0v) is 16.3. The molecule has 5 nitrogen and oxygen atoms in total. The molecule has 1 amide bonds. The highest BCUT2D eigenvalue weighted by Gasteiger charge is 2.14. The van der Waals surface area contributed by atoms with E-state index in [2.05, 4.69) is 4.72 Å². The van der Waals surface area contributed by atoms with E-state index in [-0.39, 0.29) is 24.7 Å². The SMILES string of the molecule is CC(=O)N(CCNS(=O)(=O)CCCc1ccccc1)c1cccc(Cl)c1. The lowest BCUT2D eigenvalue weighted by molar-refractivity contribution is -0.116. The molecule has 0 aliphatic carbocycles. The van der Waals surface area contributed by atoms with Crippen molar-refractivity contribution in [1.82, 2.24) is 4.72 Å². The Bertz CT molecular complexity index is 826. The van der Waals surface area contributed by atoms with Gasteiger partial charge in [0.15, 0.2) is 0 Å². The topological polar surface area (TPSA) is 66.5 Å². The first-order chi connectivity index (χ1) is 12.4. The van der Waals surface area contributed by atoms with Crippen LogP contribution in [0.3, 0.4) is 0 Å². The molecule has 0 aliphatic heterocycles. The van der Waals surface area contributed by atoms with Crippen molar-refractivity contribution in [3.63, 3.8) is 0 Å². The van der Waals surface area contributed by atoms with Gasteiger partial charge >= 0.3 is 0 Å². The number of amides is 1. The van der Waals surface area contributed by atoms with Gasteiger partial charge in [-0.15, -0.1) is 0 Å². The van der Waals surface area contributed by atoms with Gasteiger partial charge in [-0.05, 0) is 36.6 Å². The molecule has 0 heterocycles. The van der Waals surface area contributed by atoms with E-state index in [1.807, 2.05) is 30.3 Å². The number of carbonyl (C=O) groups is 1. The number of hydrogen-bond donors (Lipinski definition) is 1. The molecule has 0 saturated heterocycles. The van der Waals surface area contributed by atoms with E-state index in [0.29, 0.717) is 23.6 Å². The second-order valence-electron chi connectivity index (χ2n) is 5.95. The highest BCUT2D eigenvalue weighted by Crippen LogP contribution is 2.19. The van der Waals surface area contributed by atoms with Crippen molar-refractivity contribution in [2.45, 2.75) is 19.8 Å². The van der Waals surface area contributed by atoms with E-state index in [1.54, 1.807) is 24.3 Å². The third-order valence-corrected chi connectivity index (χ3v) is 5.58. The fourth-order valence-corrected chi connectivity index (χ4v) is 3.86. The van der Waals surface area contributed by atoms with Crippen LogP contribution in [-0.4, -0.2) is 33.2 Å². The van der Waals surface area contributed by atoms with Crippen LogP contribution in [-0.2, 0) is 21.2 Å². The number of rotatable bonds is 9. The summed E-state index contributed by atoms with van der Waals surface area (Å²) in [7, 11) is -3.38. The zero-order chi connectivity index (χ0) is 19.0. The molecule has 0 unspecified atom stereocenters. The van der Waals surface area contributed by atoms with Gasteiger partial charge in [-0.2, -0.15) is 0 Å². The predicted octanol–water partition coefficient (Wildman–Crippen LogP) is 3.25. The number of aryl methyl sites for hydroxylation is 1. The zero-order valence-electron chi connectivity index (χ0n) is 14.7. The average molecular weight is 395 g/mol. The molecular formula is C19H23ClN2O3S. The fourth-order valence-electron chi connectivity index (χ4n) is 2.61. The second kappa shape index (κ2) is 9.71. The Kier molecular flexibility index (Phi) is 7.63. The lowest BCUT2D eigenvalue weighted by Crippen LogP contribution is -2.38. The van der Waals surface area contributed by atoms with Gasteiger partial charge in [-0.1, -0.05) is 48.0 Å². The van der Waals surface area contributed by atoms with Crippen LogP contribution in [0.1, 0.15) is 18.9 Å². The Labute approximate surface area is 160 Å². The molecule has 2 rings (SSSR count). The highest BCUT2D eigenvalue weighted by molar-refractivity contribution is 7.89. The van der Waals surface area contributed by atoms with E-state index < -0.39 is 10.0 Å². The van der Waals surface area contributed by atoms with Crippen molar-refractivity contribution >= 4 is 33.2 Å². The molecule has 0 bridgehead atoms. The summed E-state index contributed by atoms with van der Waals surface area (Å²) in [5.74, 6) is -0.116. The van der Waals surface area contributed by atoms with Gasteiger partial charge < -0.3 is 4.90 Å². The molecule has 2 aromatic rings. The summed E-state index contributed by atoms with van der Waals surface area (Å²) in [4.78, 5) is 13.3. The maximum absolute atomic E-state index is 12.1. The molecular weight excluding hydrogens is 372 g/mol. The monoisotopic (exact) mass is 394 g/mol. The number of anilines is 1. The van der Waals surface area contributed by atoms with E-state index in [4.69, 9.17) is 11.6 Å². The molecule has 2 aromatic carbocycles. The van der Waals surface area contributed by atoms with Gasteiger partial charge in [0.05, 0.1) is 5.75 Å². The Morgan fingerprint density at radius 1 is 1.12 bits per heavy atom. The smallest absolute Gasteiger partial charge is 0.223 e. The number of sulfonamides is 1. The Hall–Kier alpha value is -1.89. The van der Waals surface area contributed by atoms with Crippen molar-refractivity contribution in [2.75, 3.05) is 23.7 Å². The summed E-state index contributed by atoms with van der Waals surface area (Å²) in [5.41, 5.74) is 1.76. The Morgan fingerprint density at radius 3 is 2.50 bits per heavy atom. The second-order valence-corrected chi connectivity index (χ2v) is 8.32. The fraction of sp³-hybridized carbons (Fsp3) is 0.316. The van der Waals surface area contributed by atoms with E-state index >= 15 is 0 Å². The quantitative estimate of drug-likeness (QED) is 0.709. The van der Waals surface area contributed by atoms with Crippen LogP contribution in [0.5, 0.6) is 0 Å². The first kappa shape index (κ1) is 20.4. The third kappa shape index (κ3) is 6.78. The van der Waals surface area contributed by atoms with Gasteiger partial charge in [-0.25, -0.2) is 13.1 Å². The number of nitrogens with zero attached hydrogens (tertiary/aromatic N) is 1. The maximum atomic E-state index is 12.1. The van der Waals surface area contributed by atoms with Crippen LogP contribution in [0.2, 0.25) is 5.02 Å². The summed E-state index contributed by atoms with van der Waals surface area (Å²) >= 11 is 5.96. The van der Waals surface area contributed by atoms with Gasteiger partial charge in [-0.3, -0.25) is 4.79 Å². The molecule has 1 N–H and O–H groups in total. The molecule has 140 valence electrons. The normalized spacial score (nSPS) is 11.3. The number of benzene rings is 2. The molecule has 0 radical (unpaired) electrons. The minimum Gasteiger partial charge on any atom is -0.311 e. The Morgan fingerprint density at radius 2 is 1.85 bits per heavy atom. The summed E-state index contributed by atoms with van der Waals surface area (Å²) in [6, 6.07) is 16.7.